The Morgan fingerprint density at radius 3 is 2.46 bits per heavy atom. The topological polar surface area (TPSA) is 154 Å². The number of carbonyl (C=O) groups is 1. The molecule has 1 N–H and O–H groups in total. The van der Waals surface area contributed by atoms with Gasteiger partial charge >= 0.3 is 6.09 Å². The van der Waals surface area contributed by atoms with Crippen molar-refractivity contribution < 1.29 is 23.9 Å². The Hall–Kier alpha value is -5.07. The highest BCUT2D eigenvalue weighted by molar-refractivity contribution is 6.09. The lowest BCUT2D eigenvalue weighted by molar-refractivity contribution is -0.386. The van der Waals surface area contributed by atoms with Gasteiger partial charge in [0, 0.05) is 12.4 Å². The number of rotatable bonds is 5. The Labute approximate surface area is 197 Å². The Morgan fingerprint density at radius 2 is 1.80 bits per heavy atom. The van der Waals surface area contributed by atoms with Crippen LogP contribution in [0, 0.1) is 10.1 Å². The first-order valence-corrected chi connectivity index (χ1v) is 10.3. The lowest BCUT2D eigenvalue weighted by Crippen LogP contribution is -2.42. The summed E-state index contributed by atoms with van der Waals surface area (Å²) in [6.07, 6.45) is 1.15. The molecule has 0 saturated carbocycles. The molecular formula is C22H17N7O6. The number of fused-ring (bicyclic) bond motifs is 1. The average molecular weight is 475 g/mol. The van der Waals surface area contributed by atoms with Crippen molar-refractivity contribution in [1.82, 2.24) is 20.4 Å². The summed E-state index contributed by atoms with van der Waals surface area (Å²) in [6.45, 7) is 1.45. The minimum absolute atomic E-state index is 0.0558. The summed E-state index contributed by atoms with van der Waals surface area (Å²) >= 11 is 0. The largest absolute Gasteiger partial charge is 0.454 e. The summed E-state index contributed by atoms with van der Waals surface area (Å²) in [5, 5.41) is 21.1. The predicted molar refractivity (Wildman–Crippen MR) is 121 cm³/mol. The molecule has 0 saturated heterocycles. The normalized spacial score (nSPS) is 14.9. The zero-order valence-corrected chi connectivity index (χ0v) is 18.2. The second kappa shape index (κ2) is 9.05. The molecule has 2 aromatic heterocycles. The molecule has 35 heavy (non-hydrogen) atoms. The van der Waals surface area contributed by atoms with E-state index >= 15 is 0 Å². The second-order valence-electron chi connectivity index (χ2n) is 7.28. The van der Waals surface area contributed by atoms with Crippen molar-refractivity contribution in [2.24, 2.45) is 10.2 Å². The zero-order valence-electron chi connectivity index (χ0n) is 18.2. The van der Waals surface area contributed by atoms with Gasteiger partial charge in [-0.1, -0.05) is 12.1 Å². The van der Waals surface area contributed by atoms with Crippen LogP contribution in [0.4, 0.5) is 10.5 Å². The molecule has 13 nitrogen and oxygen atoms in total. The number of hydrazone groups is 2. The first kappa shape index (κ1) is 21.8. The van der Waals surface area contributed by atoms with Gasteiger partial charge in [0.1, 0.15) is 17.5 Å². The molecule has 13 heteroatoms. The van der Waals surface area contributed by atoms with E-state index in [4.69, 9.17) is 14.2 Å². The maximum absolute atomic E-state index is 13.3. The molecule has 2 aliphatic heterocycles. The maximum Gasteiger partial charge on any atom is 0.437 e. The fourth-order valence-corrected chi connectivity index (χ4v) is 3.42. The first-order chi connectivity index (χ1) is 17.0. The summed E-state index contributed by atoms with van der Waals surface area (Å²) in [5.41, 5.74) is 3.42. The Kier molecular flexibility index (Phi) is 5.63. The number of carbonyl (C=O) groups excluding carboxylic acids is 1. The van der Waals surface area contributed by atoms with Gasteiger partial charge in [-0.15, -0.1) is 10.1 Å². The number of nitro benzene ring substituents is 1. The first-order valence-electron chi connectivity index (χ1n) is 10.3. The number of nitrogens with one attached hydrogen (secondary N) is 1. The van der Waals surface area contributed by atoms with Crippen LogP contribution >= 0.6 is 0 Å². The standard InChI is InChI=1S/C22H17N7O6/c1-13(14-10-18-19(34-12-33-18)11-17(14)29(31)32)35-22(30)28-21(16-7-3-5-9-24-16)26-25-20(27-28)15-6-2-4-8-23-15/h2-11,13H,12H2,1H3,(H,25,27). The minimum atomic E-state index is -1.04. The average Bonchev–Trinajstić information content (AvgIpc) is 3.36. The number of pyridine rings is 2. The number of ether oxygens (including phenoxy) is 3. The molecule has 3 aromatic rings. The fourth-order valence-electron chi connectivity index (χ4n) is 3.42. The summed E-state index contributed by atoms with van der Waals surface area (Å²) < 4.78 is 16.1. The third kappa shape index (κ3) is 4.29. The summed E-state index contributed by atoms with van der Waals surface area (Å²) in [7, 11) is 0. The maximum atomic E-state index is 13.3. The molecule has 0 bridgehead atoms. The molecule has 1 aromatic carbocycles. The number of aromatic nitrogens is 2. The van der Waals surface area contributed by atoms with Crippen LogP contribution < -0.4 is 14.9 Å². The van der Waals surface area contributed by atoms with Crippen molar-refractivity contribution in [3.63, 3.8) is 0 Å². The Morgan fingerprint density at radius 1 is 1.11 bits per heavy atom. The van der Waals surface area contributed by atoms with Crippen molar-refractivity contribution in [2.45, 2.75) is 13.0 Å². The molecule has 0 aliphatic carbocycles. The monoisotopic (exact) mass is 475 g/mol. The third-order valence-corrected chi connectivity index (χ3v) is 5.08. The van der Waals surface area contributed by atoms with Crippen molar-refractivity contribution in [2.75, 3.05) is 6.79 Å². The molecule has 0 spiro atoms. The molecule has 0 radical (unpaired) electrons. The van der Waals surface area contributed by atoms with Crippen molar-refractivity contribution in [3.05, 3.63) is 88.0 Å². The van der Waals surface area contributed by atoms with Crippen LogP contribution in [0.5, 0.6) is 11.5 Å². The number of hydrogen-bond donors (Lipinski definition) is 1. The van der Waals surface area contributed by atoms with Crippen LogP contribution in [0.15, 0.2) is 71.1 Å². The van der Waals surface area contributed by atoms with E-state index in [0.717, 1.165) is 5.01 Å². The van der Waals surface area contributed by atoms with E-state index in [1.54, 1.807) is 42.6 Å². The van der Waals surface area contributed by atoms with Gasteiger partial charge in [-0.25, -0.2) is 4.79 Å². The van der Waals surface area contributed by atoms with Crippen molar-refractivity contribution >= 4 is 23.5 Å². The number of nitro groups is 1. The predicted octanol–water partition coefficient (Wildman–Crippen LogP) is 2.94. The lowest BCUT2D eigenvalue weighted by atomic mass is 10.1. The van der Waals surface area contributed by atoms with Gasteiger partial charge in [0.15, 0.2) is 17.3 Å². The van der Waals surface area contributed by atoms with E-state index in [9.17, 15) is 14.9 Å². The van der Waals surface area contributed by atoms with Gasteiger partial charge < -0.3 is 14.2 Å². The Balaban J connectivity index is 1.47. The number of hydrogen-bond acceptors (Lipinski definition) is 11. The quantitative estimate of drug-likeness (QED) is 0.433. The highest BCUT2D eigenvalue weighted by Gasteiger charge is 2.33. The lowest BCUT2D eigenvalue weighted by Gasteiger charge is -2.24. The van der Waals surface area contributed by atoms with E-state index in [1.807, 2.05) is 0 Å². The molecule has 176 valence electrons. The van der Waals surface area contributed by atoms with Crippen LogP contribution in [0.25, 0.3) is 0 Å². The van der Waals surface area contributed by atoms with Crippen LogP contribution in [-0.2, 0) is 4.74 Å². The number of amidine groups is 2. The highest BCUT2D eigenvalue weighted by atomic mass is 16.7. The van der Waals surface area contributed by atoms with Gasteiger partial charge in [0.05, 0.1) is 16.6 Å². The van der Waals surface area contributed by atoms with Gasteiger partial charge in [-0.2, -0.15) is 5.10 Å². The second-order valence-corrected chi connectivity index (χ2v) is 7.28. The van der Waals surface area contributed by atoms with Gasteiger partial charge in [-0.05, 0) is 37.3 Å². The van der Waals surface area contributed by atoms with E-state index in [2.05, 4.69) is 25.6 Å². The minimum Gasteiger partial charge on any atom is -0.454 e. The van der Waals surface area contributed by atoms with Crippen LogP contribution in [0.1, 0.15) is 30.0 Å². The SMILES string of the molecule is CC(OC(=O)N1N=C(c2ccccn2)NN=C1c1ccccn1)c1cc2c(cc1[N+](=O)[O-])OCO2. The van der Waals surface area contributed by atoms with E-state index in [-0.39, 0.29) is 35.5 Å². The van der Waals surface area contributed by atoms with Gasteiger partial charge in [0.2, 0.25) is 12.6 Å². The summed E-state index contributed by atoms with van der Waals surface area (Å²) in [6, 6.07) is 12.9. The number of amides is 1. The van der Waals surface area contributed by atoms with Gasteiger partial charge in [0.25, 0.3) is 5.69 Å². The van der Waals surface area contributed by atoms with Crippen molar-refractivity contribution in [3.8, 4) is 11.5 Å². The molecule has 0 fully saturated rings. The highest BCUT2D eigenvalue weighted by Crippen LogP contribution is 2.41. The smallest absolute Gasteiger partial charge is 0.437 e. The Bertz CT molecular complexity index is 1350. The molecule has 1 unspecified atom stereocenters. The fraction of sp³-hybridized carbons (Fsp3) is 0.136. The van der Waals surface area contributed by atoms with E-state index < -0.39 is 17.1 Å². The van der Waals surface area contributed by atoms with Gasteiger partial charge in [-0.3, -0.25) is 25.5 Å². The summed E-state index contributed by atoms with van der Waals surface area (Å²) in [5.74, 6) is 0.837. The molecular weight excluding hydrogens is 458 g/mol. The zero-order chi connectivity index (χ0) is 24.4. The number of benzene rings is 1. The molecule has 1 amide bonds. The third-order valence-electron chi connectivity index (χ3n) is 5.08. The van der Waals surface area contributed by atoms with Crippen LogP contribution in [0.3, 0.4) is 0 Å². The van der Waals surface area contributed by atoms with Crippen LogP contribution in [0.2, 0.25) is 0 Å². The molecule has 1 atom stereocenters. The molecule has 5 rings (SSSR count). The number of nitrogens with zero attached hydrogens (tertiary/aromatic N) is 6. The summed E-state index contributed by atoms with van der Waals surface area (Å²) in [4.78, 5) is 32.8. The van der Waals surface area contributed by atoms with Crippen LogP contribution in [-0.4, -0.2) is 44.5 Å². The molecule has 4 heterocycles. The van der Waals surface area contributed by atoms with E-state index in [0.29, 0.717) is 17.1 Å². The van der Waals surface area contributed by atoms with Crippen molar-refractivity contribution in [1.29, 1.82) is 0 Å². The van der Waals surface area contributed by atoms with E-state index in [1.165, 1.54) is 25.3 Å². The molecule has 2 aliphatic rings.